The highest BCUT2D eigenvalue weighted by Crippen LogP contribution is 2.11. The zero-order valence-corrected chi connectivity index (χ0v) is 8.29. The number of para-hydroxylation sites is 1. The number of aromatic amines is 1. The molecule has 5 heteroatoms. The number of fused-ring (bicyclic) bond motifs is 1. The van der Waals surface area contributed by atoms with Crippen molar-refractivity contribution < 1.29 is 0 Å². The third-order valence-corrected chi connectivity index (χ3v) is 2.33. The van der Waals surface area contributed by atoms with E-state index in [0.29, 0.717) is 11.2 Å². The summed E-state index contributed by atoms with van der Waals surface area (Å²) in [5.41, 5.74) is 1.99. The van der Waals surface area contributed by atoms with Gasteiger partial charge in [0.2, 0.25) is 5.56 Å². The minimum Gasteiger partial charge on any atom is -0.305 e. The molecule has 0 saturated carbocycles. The monoisotopic (exact) mass is 212 g/mol. The van der Waals surface area contributed by atoms with Crippen LogP contribution in [-0.4, -0.2) is 20.0 Å². The van der Waals surface area contributed by atoms with Gasteiger partial charge in [-0.3, -0.25) is 4.79 Å². The van der Waals surface area contributed by atoms with Crippen LogP contribution in [0.3, 0.4) is 0 Å². The molecule has 0 saturated heterocycles. The summed E-state index contributed by atoms with van der Waals surface area (Å²) in [6, 6.07) is 12.6. The zero-order chi connectivity index (χ0) is 11.0. The fourth-order valence-corrected chi connectivity index (χ4v) is 1.59. The number of benzene rings is 1. The van der Waals surface area contributed by atoms with Gasteiger partial charge in [-0.2, -0.15) is 4.68 Å². The minimum absolute atomic E-state index is 0.160. The maximum atomic E-state index is 11.2. The molecule has 0 unspecified atom stereocenters. The van der Waals surface area contributed by atoms with Crippen LogP contribution < -0.4 is 5.56 Å². The van der Waals surface area contributed by atoms with Crippen LogP contribution >= 0.6 is 0 Å². The largest absolute Gasteiger partial charge is 0.305 e. The van der Waals surface area contributed by atoms with Crippen molar-refractivity contribution in [2.24, 2.45) is 0 Å². The van der Waals surface area contributed by atoms with Crippen LogP contribution in [0.4, 0.5) is 0 Å². The van der Waals surface area contributed by atoms with Crippen LogP contribution in [0, 0.1) is 0 Å². The number of nitrogens with one attached hydrogen (secondary N) is 1. The summed E-state index contributed by atoms with van der Waals surface area (Å²) in [4.78, 5) is 14.0. The van der Waals surface area contributed by atoms with Gasteiger partial charge in [0.25, 0.3) is 0 Å². The van der Waals surface area contributed by atoms with Crippen molar-refractivity contribution in [3.63, 3.8) is 0 Å². The third kappa shape index (κ3) is 1.30. The summed E-state index contributed by atoms with van der Waals surface area (Å²) >= 11 is 0. The van der Waals surface area contributed by atoms with E-state index in [4.69, 9.17) is 0 Å². The van der Waals surface area contributed by atoms with Gasteiger partial charge in [-0.05, 0) is 18.2 Å². The molecule has 1 aromatic carbocycles. The Hall–Kier alpha value is -2.43. The maximum Gasteiger partial charge on any atom is 0.249 e. The van der Waals surface area contributed by atoms with Crippen molar-refractivity contribution in [2.75, 3.05) is 0 Å². The Morgan fingerprint density at radius 3 is 2.69 bits per heavy atom. The molecular formula is C11H8N4O. The Balaban J connectivity index is 2.33. The molecule has 2 aromatic heterocycles. The van der Waals surface area contributed by atoms with Gasteiger partial charge in [0, 0.05) is 6.07 Å². The molecule has 2 heterocycles. The van der Waals surface area contributed by atoms with Crippen LogP contribution in [0.1, 0.15) is 0 Å². The van der Waals surface area contributed by atoms with Crippen LogP contribution in [0.2, 0.25) is 0 Å². The summed E-state index contributed by atoms with van der Waals surface area (Å²) in [6.45, 7) is 0. The van der Waals surface area contributed by atoms with Crippen molar-refractivity contribution >= 4 is 11.2 Å². The van der Waals surface area contributed by atoms with Crippen molar-refractivity contribution in [3.8, 4) is 5.69 Å². The molecule has 0 aliphatic heterocycles. The van der Waals surface area contributed by atoms with Gasteiger partial charge in [0.1, 0.15) is 5.52 Å². The highest BCUT2D eigenvalue weighted by atomic mass is 16.1. The topological polar surface area (TPSA) is 63.6 Å². The van der Waals surface area contributed by atoms with E-state index < -0.39 is 0 Å². The number of hydrogen-bond donors (Lipinski definition) is 1. The van der Waals surface area contributed by atoms with Crippen molar-refractivity contribution in [1.29, 1.82) is 0 Å². The van der Waals surface area contributed by atoms with Gasteiger partial charge in [-0.15, -0.1) is 5.10 Å². The second-order valence-electron chi connectivity index (χ2n) is 3.39. The zero-order valence-electron chi connectivity index (χ0n) is 8.29. The SMILES string of the molecule is O=c1ccc2nnn(-c3ccccc3)c2[nH]1. The van der Waals surface area contributed by atoms with E-state index in [1.165, 1.54) is 6.07 Å². The van der Waals surface area contributed by atoms with Gasteiger partial charge >= 0.3 is 0 Å². The molecule has 0 aliphatic carbocycles. The summed E-state index contributed by atoms with van der Waals surface area (Å²) in [5.74, 6) is 0. The van der Waals surface area contributed by atoms with Crippen LogP contribution in [0.25, 0.3) is 16.9 Å². The van der Waals surface area contributed by atoms with Gasteiger partial charge < -0.3 is 4.98 Å². The first-order valence-electron chi connectivity index (χ1n) is 4.85. The summed E-state index contributed by atoms with van der Waals surface area (Å²) in [7, 11) is 0. The van der Waals surface area contributed by atoms with Gasteiger partial charge in [0.15, 0.2) is 5.65 Å². The van der Waals surface area contributed by atoms with E-state index in [-0.39, 0.29) is 5.56 Å². The molecule has 1 N–H and O–H groups in total. The number of hydrogen-bond acceptors (Lipinski definition) is 3. The first kappa shape index (κ1) is 8.84. The molecule has 0 bridgehead atoms. The number of nitrogens with zero attached hydrogens (tertiary/aromatic N) is 3. The van der Waals surface area contributed by atoms with Crippen LogP contribution in [-0.2, 0) is 0 Å². The first-order valence-corrected chi connectivity index (χ1v) is 4.85. The Kier molecular flexibility index (Phi) is 1.83. The molecule has 3 rings (SSSR count). The molecule has 0 aliphatic rings. The number of H-pyrrole nitrogens is 1. The first-order chi connectivity index (χ1) is 7.84. The average molecular weight is 212 g/mol. The smallest absolute Gasteiger partial charge is 0.249 e. The number of pyridine rings is 1. The van der Waals surface area contributed by atoms with Crippen molar-refractivity contribution in [1.82, 2.24) is 20.0 Å². The lowest BCUT2D eigenvalue weighted by Crippen LogP contribution is -2.05. The Bertz CT molecular complexity index is 684. The van der Waals surface area contributed by atoms with E-state index >= 15 is 0 Å². The fourth-order valence-electron chi connectivity index (χ4n) is 1.59. The van der Waals surface area contributed by atoms with Crippen LogP contribution in [0.5, 0.6) is 0 Å². The second-order valence-corrected chi connectivity index (χ2v) is 3.39. The number of aromatic nitrogens is 4. The quantitative estimate of drug-likeness (QED) is 0.657. The minimum atomic E-state index is -0.160. The average Bonchev–Trinajstić information content (AvgIpc) is 2.73. The van der Waals surface area contributed by atoms with Gasteiger partial charge in [-0.1, -0.05) is 23.4 Å². The summed E-state index contributed by atoms with van der Waals surface area (Å²) in [6.07, 6.45) is 0. The molecule has 0 fully saturated rings. The summed E-state index contributed by atoms with van der Waals surface area (Å²) in [5, 5.41) is 7.98. The predicted octanol–water partition coefficient (Wildman–Crippen LogP) is 1.11. The summed E-state index contributed by atoms with van der Waals surface area (Å²) < 4.78 is 1.61. The van der Waals surface area contributed by atoms with Gasteiger partial charge in [-0.25, -0.2) is 0 Å². The van der Waals surface area contributed by atoms with Crippen molar-refractivity contribution in [3.05, 3.63) is 52.8 Å². The van der Waals surface area contributed by atoms with E-state index in [1.54, 1.807) is 10.7 Å². The third-order valence-electron chi connectivity index (χ3n) is 2.33. The molecule has 16 heavy (non-hydrogen) atoms. The lowest BCUT2D eigenvalue weighted by Gasteiger charge is -1.99. The highest BCUT2D eigenvalue weighted by Gasteiger charge is 2.05. The van der Waals surface area contributed by atoms with Crippen molar-refractivity contribution in [2.45, 2.75) is 0 Å². The van der Waals surface area contributed by atoms with E-state index in [9.17, 15) is 4.79 Å². The molecule has 0 radical (unpaired) electrons. The van der Waals surface area contributed by atoms with Crippen LogP contribution in [0.15, 0.2) is 47.3 Å². The van der Waals surface area contributed by atoms with E-state index in [1.807, 2.05) is 30.3 Å². The lowest BCUT2D eigenvalue weighted by atomic mass is 10.3. The Morgan fingerprint density at radius 2 is 1.88 bits per heavy atom. The normalized spacial score (nSPS) is 10.8. The van der Waals surface area contributed by atoms with E-state index in [2.05, 4.69) is 15.3 Å². The lowest BCUT2D eigenvalue weighted by molar-refractivity contribution is 0.816. The Morgan fingerprint density at radius 1 is 1.06 bits per heavy atom. The molecule has 0 spiro atoms. The molecule has 3 aromatic rings. The molecular weight excluding hydrogens is 204 g/mol. The Labute approximate surface area is 90.3 Å². The molecule has 0 amide bonds. The van der Waals surface area contributed by atoms with Gasteiger partial charge in [0.05, 0.1) is 5.69 Å². The molecule has 5 nitrogen and oxygen atoms in total. The second kappa shape index (κ2) is 3.30. The maximum absolute atomic E-state index is 11.2. The predicted molar refractivity (Wildman–Crippen MR) is 59.5 cm³/mol. The van der Waals surface area contributed by atoms with E-state index in [0.717, 1.165) is 5.69 Å². The molecule has 78 valence electrons. The number of rotatable bonds is 1. The standard InChI is InChI=1S/C11H8N4O/c16-10-7-6-9-11(12-10)15(14-13-9)8-4-2-1-3-5-8/h1-7H,(H,12,16). The molecule has 0 atom stereocenters. The highest BCUT2D eigenvalue weighted by molar-refractivity contribution is 5.70. The fraction of sp³-hybridized carbons (Fsp3) is 0.